The Morgan fingerprint density at radius 2 is 1.90 bits per heavy atom. The van der Waals surface area contributed by atoms with Crippen LogP contribution in [0.15, 0.2) is 0 Å². The molecule has 2 saturated heterocycles. The molecule has 5 heteroatoms. The minimum Gasteiger partial charge on any atom is -0.353 e. The van der Waals surface area contributed by atoms with E-state index in [1.807, 2.05) is 18.7 Å². The van der Waals surface area contributed by atoms with Gasteiger partial charge in [-0.2, -0.15) is 0 Å². The fourth-order valence-corrected chi connectivity index (χ4v) is 3.00. The second kappa shape index (κ2) is 7.07. The van der Waals surface area contributed by atoms with Crippen molar-refractivity contribution < 1.29 is 9.59 Å². The molecule has 2 rings (SSSR count). The monoisotopic (exact) mass is 281 g/mol. The first-order valence-corrected chi connectivity index (χ1v) is 7.88. The predicted octanol–water partition coefficient (Wildman–Crippen LogP) is 0.749. The maximum atomic E-state index is 12.2. The summed E-state index contributed by atoms with van der Waals surface area (Å²) in [5.74, 6) is 0.602. The third-order valence-electron chi connectivity index (χ3n) is 4.31. The summed E-state index contributed by atoms with van der Waals surface area (Å²) >= 11 is 0. The van der Waals surface area contributed by atoms with Crippen molar-refractivity contribution in [1.29, 1.82) is 0 Å². The maximum absolute atomic E-state index is 12.2. The Balaban J connectivity index is 1.73. The Morgan fingerprint density at radius 1 is 1.20 bits per heavy atom. The van der Waals surface area contributed by atoms with Crippen LogP contribution in [0, 0.1) is 11.8 Å². The van der Waals surface area contributed by atoms with Gasteiger partial charge in [-0.25, -0.2) is 0 Å². The standard InChI is InChI=1S/C15H27N3O2/c1-11(2)15(20)18-8-5-13(6-9-18)17-14(19)12-4-3-7-16-10-12/h11-13,16H,3-10H2,1-2H3,(H,17,19). The Labute approximate surface area is 121 Å². The van der Waals surface area contributed by atoms with Crippen molar-refractivity contribution in [1.82, 2.24) is 15.5 Å². The third-order valence-corrected chi connectivity index (χ3v) is 4.31. The van der Waals surface area contributed by atoms with Gasteiger partial charge in [0.25, 0.3) is 0 Å². The minimum absolute atomic E-state index is 0.0643. The van der Waals surface area contributed by atoms with Gasteiger partial charge < -0.3 is 15.5 Å². The first-order chi connectivity index (χ1) is 9.58. The Bertz CT molecular complexity index is 343. The first kappa shape index (κ1) is 15.3. The summed E-state index contributed by atoms with van der Waals surface area (Å²) in [5.41, 5.74) is 0. The summed E-state index contributed by atoms with van der Waals surface area (Å²) < 4.78 is 0. The molecule has 0 aromatic rings. The van der Waals surface area contributed by atoms with Crippen molar-refractivity contribution in [3.05, 3.63) is 0 Å². The van der Waals surface area contributed by atoms with Gasteiger partial charge in [-0.15, -0.1) is 0 Å². The van der Waals surface area contributed by atoms with Crippen molar-refractivity contribution in [2.45, 2.75) is 45.6 Å². The molecule has 0 aliphatic carbocycles. The van der Waals surface area contributed by atoms with Crippen molar-refractivity contribution >= 4 is 11.8 Å². The number of nitrogens with one attached hydrogen (secondary N) is 2. The quantitative estimate of drug-likeness (QED) is 0.802. The van der Waals surface area contributed by atoms with Crippen molar-refractivity contribution in [2.75, 3.05) is 26.2 Å². The predicted molar refractivity (Wildman–Crippen MR) is 78.2 cm³/mol. The molecule has 2 heterocycles. The van der Waals surface area contributed by atoms with E-state index in [0.717, 1.165) is 51.9 Å². The molecule has 2 N–H and O–H groups in total. The van der Waals surface area contributed by atoms with Crippen LogP contribution in [0.2, 0.25) is 0 Å². The SMILES string of the molecule is CC(C)C(=O)N1CCC(NC(=O)C2CCCNC2)CC1. The lowest BCUT2D eigenvalue weighted by atomic mass is 9.97. The number of hydrogen-bond donors (Lipinski definition) is 2. The van der Waals surface area contributed by atoms with Crippen LogP contribution in [0.3, 0.4) is 0 Å². The molecule has 114 valence electrons. The summed E-state index contributed by atoms with van der Waals surface area (Å²) in [5, 5.41) is 6.43. The number of carbonyl (C=O) groups is 2. The molecule has 2 amide bonds. The van der Waals surface area contributed by atoms with Gasteiger partial charge >= 0.3 is 0 Å². The molecule has 2 fully saturated rings. The number of nitrogens with zero attached hydrogens (tertiary/aromatic N) is 1. The highest BCUT2D eigenvalue weighted by molar-refractivity contribution is 5.80. The van der Waals surface area contributed by atoms with Gasteiger partial charge in [-0.1, -0.05) is 13.8 Å². The Hall–Kier alpha value is -1.10. The lowest BCUT2D eigenvalue weighted by Crippen LogP contribution is -2.50. The van der Waals surface area contributed by atoms with E-state index in [-0.39, 0.29) is 29.7 Å². The largest absolute Gasteiger partial charge is 0.353 e. The zero-order valence-corrected chi connectivity index (χ0v) is 12.7. The molecule has 2 aliphatic heterocycles. The lowest BCUT2D eigenvalue weighted by Gasteiger charge is -2.34. The zero-order chi connectivity index (χ0) is 14.5. The zero-order valence-electron chi connectivity index (χ0n) is 12.7. The van der Waals surface area contributed by atoms with Gasteiger partial charge in [0.1, 0.15) is 0 Å². The van der Waals surface area contributed by atoms with Crippen LogP contribution in [-0.2, 0) is 9.59 Å². The Morgan fingerprint density at radius 3 is 2.45 bits per heavy atom. The number of rotatable bonds is 3. The van der Waals surface area contributed by atoms with Gasteiger partial charge in [-0.05, 0) is 32.2 Å². The molecule has 0 aromatic carbocycles. The van der Waals surface area contributed by atoms with E-state index in [2.05, 4.69) is 10.6 Å². The molecule has 20 heavy (non-hydrogen) atoms. The summed E-state index contributed by atoms with van der Waals surface area (Å²) in [6, 6.07) is 0.237. The van der Waals surface area contributed by atoms with E-state index in [1.54, 1.807) is 0 Å². The molecule has 2 aliphatic rings. The van der Waals surface area contributed by atoms with Crippen LogP contribution < -0.4 is 10.6 Å². The van der Waals surface area contributed by atoms with Crippen LogP contribution in [0.5, 0.6) is 0 Å². The average Bonchev–Trinajstić information content (AvgIpc) is 2.48. The van der Waals surface area contributed by atoms with Crippen LogP contribution in [-0.4, -0.2) is 48.9 Å². The van der Waals surface area contributed by atoms with Crippen LogP contribution >= 0.6 is 0 Å². The van der Waals surface area contributed by atoms with Crippen molar-refractivity contribution in [2.24, 2.45) is 11.8 Å². The van der Waals surface area contributed by atoms with Gasteiger partial charge in [0.15, 0.2) is 0 Å². The number of amides is 2. The third kappa shape index (κ3) is 3.95. The molecule has 0 radical (unpaired) electrons. The molecular weight excluding hydrogens is 254 g/mol. The number of piperidine rings is 2. The molecule has 0 bridgehead atoms. The van der Waals surface area contributed by atoms with Crippen LogP contribution in [0.4, 0.5) is 0 Å². The highest BCUT2D eigenvalue weighted by Crippen LogP contribution is 2.15. The van der Waals surface area contributed by atoms with Gasteiger partial charge in [0.05, 0.1) is 5.92 Å². The van der Waals surface area contributed by atoms with E-state index < -0.39 is 0 Å². The van der Waals surface area contributed by atoms with E-state index in [1.165, 1.54) is 0 Å². The molecule has 0 saturated carbocycles. The molecule has 0 spiro atoms. The van der Waals surface area contributed by atoms with E-state index >= 15 is 0 Å². The lowest BCUT2D eigenvalue weighted by molar-refractivity contribution is -0.135. The topological polar surface area (TPSA) is 61.4 Å². The van der Waals surface area contributed by atoms with Crippen LogP contribution in [0.1, 0.15) is 39.5 Å². The maximum Gasteiger partial charge on any atom is 0.225 e. The summed E-state index contributed by atoms with van der Waals surface area (Å²) in [6.45, 7) is 7.24. The second-order valence-electron chi connectivity index (χ2n) is 6.31. The summed E-state index contributed by atoms with van der Waals surface area (Å²) in [4.78, 5) is 26.0. The molecule has 1 unspecified atom stereocenters. The van der Waals surface area contributed by atoms with Crippen molar-refractivity contribution in [3.63, 3.8) is 0 Å². The minimum atomic E-state index is 0.0643. The molecular formula is C15H27N3O2. The molecule has 1 atom stereocenters. The van der Waals surface area contributed by atoms with Gasteiger partial charge in [0, 0.05) is 31.6 Å². The fraction of sp³-hybridized carbons (Fsp3) is 0.867. The van der Waals surface area contributed by atoms with Crippen LogP contribution in [0.25, 0.3) is 0 Å². The smallest absolute Gasteiger partial charge is 0.225 e. The summed E-state index contributed by atoms with van der Waals surface area (Å²) in [7, 11) is 0. The number of likely N-dealkylation sites (tertiary alicyclic amines) is 1. The summed E-state index contributed by atoms with van der Waals surface area (Å²) in [6.07, 6.45) is 3.83. The Kier molecular flexibility index (Phi) is 5.40. The van der Waals surface area contributed by atoms with E-state index in [9.17, 15) is 9.59 Å². The highest BCUT2D eigenvalue weighted by Gasteiger charge is 2.27. The normalized spacial score (nSPS) is 24.8. The second-order valence-corrected chi connectivity index (χ2v) is 6.31. The van der Waals surface area contributed by atoms with E-state index in [4.69, 9.17) is 0 Å². The number of hydrogen-bond acceptors (Lipinski definition) is 3. The fourth-order valence-electron chi connectivity index (χ4n) is 3.00. The average molecular weight is 281 g/mol. The van der Waals surface area contributed by atoms with E-state index in [0.29, 0.717) is 0 Å². The molecule has 5 nitrogen and oxygen atoms in total. The van der Waals surface area contributed by atoms with Gasteiger partial charge in [-0.3, -0.25) is 9.59 Å². The molecule has 0 aromatic heterocycles. The number of carbonyl (C=O) groups excluding carboxylic acids is 2. The van der Waals surface area contributed by atoms with Gasteiger partial charge in [0.2, 0.25) is 11.8 Å². The highest BCUT2D eigenvalue weighted by atomic mass is 16.2. The van der Waals surface area contributed by atoms with Crippen molar-refractivity contribution in [3.8, 4) is 0 Å². The first-order valence-electron chi connectivity index (χ1n) is 7.88.